The van der Waals surface area contributed by atoms with Gasteiger partial charge in [-0.1, -0.05) is 40.8 Å². The number of esters is 1. The van der Waals surface area contributed by atoms with E-state index >= 15 is 0 Å². The second-order valence-electron chi connectivity index (χ2n) is 3.96. The van der Waals surface area contributed by atoms with Crippen molar-refractivity contribution >= 4 is 34.2 Å². The Morgan fingerprint density at radius 2 is 2.11 bits per heavy atom. The van der Waals surface area contributed by atoms with Crippen LogP contribution < -0.4 is 4.90 Å². The van der Waals surface area contributed by atoms with E-state index in [4.69, 9.17) is 4.74 Å². The van der Waals surface area contributed by atoms with Crippen LogP contribution in [0, 0.1) is 0 Å². The second-order valence-corrected chi connectivity index (χ2v) is 3.96. The van der Waals surface area contributed by atoms with Crippen LogP contribution in [0.4, 0.5) is 5.69 Å². The number of carbonyl (C=O) groups is 1. The summed E-state index contributed by atoms with van der Waals surface area (Å²) in [7, 11) is 0. The first-order chi connectivity index (χ1) is 8.81. The molecule has 0 aliphatic carbocycles. The first kappa shape index (κ1) is 15.3. The number of para-hydroxylation sites is 1. The molecule has 0 atom stereocenters. The van der Waals surface area contributed by atoms with E-state index in [1.165, 1.54) is 11.3 Å². The fourth-order valence-corrected chi connectivity index (χ4v) is 2.14. The van der Waals surface area contributed by atoms with E-state index in [1.807, 2.05) is 24.0 Å². The summed E-state index contributed by atoms with van der Waals surface area (Å²) in [5, 5.41) is 0. The Hall–Kier alpha value is -0.780. The second kappa shape index (κ2) is 8.34. The van der Waals surface area contributed by atoms with Crippen LogP contribution in [0.25, 0.3) is 0 Å². The lowest BCUT2D eigenvalue weighted by molar-refractivity contribution is -0.141. The van der Waals surface area contributed by atoms with Crippen LogP contribution in [0.5, 0.6) is 0 Å². The van der Waals surface area contributed by atoms with Crippen molar-refractivity contribution in [3.8, 4) is 0 Å². The zero-order valence-corrected chi connectivity index (χ0v) is 13.1. The molecule has 2 rings (SSSR count). The van der Waals surface area contributed by atoms with Gasteiger partial charge in [0.05, 0.1) is 6.61 Å². The van der Waals surface area contributed by atoms with Crippen molar-refractivity contribution in [2.24, 2.45) is 0 Å². The van der Waals surface area contributed by atoms with Gasteiger partial charge in [0.2, 0.25) is 0 Å². The molecule has 0 bridgehead atoms. The standard InChI is InChI=1S/C13H17NO2.CH3I/c1-2-16-13(15)10-14-9-5-7-11-6-3-4-8-12(11)14;1-2/h3-4,6,8H,2,5,7,9-10H2,1H3;1H3. The fourth-order valence-electron chi connectivity index (χ4n) is 2.14. The number of carbonyl (C=O) groups excluding carboxylic acids is 1. The lowest BCUT2D eigenvalue weighted by Gasteiger charge is -2.30. The molecule has 0 fully saturated rings. The molecule has 0 saturated heterocycles. The van der Waals surface area contributed by atoms with E-state index < -0.39 is 0 Å². The summed E-state index contributed by atoms with van der Waals surface area (Å²) in [4.78, 5) is 15.5. The molecule has 1 aromatic rings. The minimum Gasteiger partial charge on any atom is -0.465 e. The maximum atomic E-state index is 11.5. The molecular formula is C14H20INO2. The van der Waals surface area contributed by atoms with E-state index in [-0.39, 0.29) is 5.97 Å². The van der Waals surface area contributed by atoms with Gasteiger partial charge in [-0.15, -0.1) is 0 Å². The van der Waals surface area contributed by atoms with Crippen molar-refractivity contribution in [2.45, 2.75) is 19.8 Å². The van der Waals surface area contributed by atoms with Gasteiger partial charge < -0.3 is 9.64 Å². The Morgan fingerprint density at radius 3 is 2.83 bits per heavy atom. The van der Waals surface area contributed by atoms with E-state index in [1.54, 1.807) is 0 Å². The number of ether oxygens (including phenoxy) is 1. The number of alkyl halides is 1. The number of hydrogen-bond acceptors (Lipinski definition) is 3. The van der Waals surface area contributed by atoms with E-state index in [0.717, 1.165) is 19.4 Å². The molecule has 1 aliphatic heterocycles. The molecule has 4 heteroatoms. The highest BCUT2D eigenvalue weighted by Crippen LogP contribution is 2.26. The predicted octanol–water partition coefficient (Wildman–Crippen LogP) is 3.05. The van der Waals surface area contributed by atoms with Crippen LogP contribution in [-0.2, 0) is 16.0 Å². The Morgan fingerprint density at radius 1 is 1.39 bits per heavy atom. The zero-order valence-electron chi connectivity index (χ0n) is 11.0. The van der Waals surface area contributed by atoms with Crippen molar-refractivity contribution in [3.05, 3.63) is 29.8 Å². The van der Waals surface area contributed by atoms with Crippen LogP contribution >= 0.6 is 22.6 Å². The van der Waals surface area contributed by atoms with Crippen LogP contribution in [0.15, 0.2) is 24.3 Å². The summed E-state index contributed by atoms with van der Waals surface area (Å²) < 4.78 is 4.98. The minimum atomic E-state index is -0.140. The first-order valence-electron chi connectivity index (χ1n) is 6.17. The molecule has 0 saturated carbocycles. The average molecular weight is 361 g/mol. The van der Waals surface area contributed by atoms with Gasteiger partial charge in [0.1, 0.15) is 6.54 Å². The largest absolute Gasteiger partial charge is 0.465 e. The van der Waals surface area contributed by atoms with Gasteiger partial charge >= 0.3 is 5.97 Å². The third-order valence-electron chi connectivity index (χ3n) is 2.83. The zero-order chi connectivity index (χ0) is 13.4. The van der Waals surface area contributed by atoms with Crippen molar-refractivity contribution < 1.29 is 9.53 Å². The number of anilines is 1. The number of halogens is 1. The summed E-state index contributed by atoms with van der Waals surface area (Å²) in [5.41, 5.74) is 2.51. The normalized spacial score (nSPS) is 13.2. The summed E-state index contributed by atoms with van der Waals surface area (Å²) in [5.74, 6) is -0.140. The highest BCUT2D eigenvalue weighted by molar-refractivity contribution is 14.1. The molecule has 1 aromatic carbocycles. The molecule has 0 N–H and O–H groups in total. The Bertz CT molecular complexity index is 382. The van der Waals surface area contributed by atoms with Crippen LogP contribution in [0.2, 0.25) is 0 Å². The lowest BCUT2D eigenvalue weighted by atomic mass is 10.0. The van der Waals surface area contributed by atoms with Gasteiger partial charge in [0, 0.05) is 12.2 Å². The SMILES string of the molecule is CCOC(=O)CN1CCCc2ccccc21.CI. The van der Waals surface area contributed by atoms with E-state index in [2.05, 4.69) is 39.6 Å². The Kier molecular flexibility index (Phi) is 7.08. The molecule has 0 aromatic heterocycles. The van der Waals surface area contributed by atoms with Crippen LogP contribution in [0.1, 0.15) is 18.9 Å². The van der Waals surface area contributed by atoms with E-state index in [9.17, 15) is 4.79 Å². The number of hydrogen-bond donors (Lipinski definition) is 0. The molecular weight excluding hydrogens is 341 g/mol. The highest BCUT2D eigenvalue weighted by atomic mass is 127. The van der Waals surface area contributed by atoms with Gasteiger partial charge in [-0.25, -0.2) is 0 Å². The van der Waals surface area contributed by atoms with Gasteiger partial charge in [0.15, 0.2) is 0 Å². The Balaban J connectivity index is 0.000000771. The average Bonchev–Trinajstić information content (AvgIpc) is 2.42. The van der Waals surface area contributed by atoms with Crippen molar-refractivity contribution in [1.29, 1.82) is 0 Å². The summed E-state index contributed by atoms with van der Waals surface area (Å²) in [6.07, 6.45) is 2.21. The number of aryl methyl sites for hydroxylation is 1. The van der Waals surface area contributed by atoms with Gasteiger partial charge in [-0.05, 0) is 36.3 Å². The van der Waals surface area contributed by atoms with Crippen molar-refractivity contribution in [1.82, 2.24) is 0 Å². The molecule has 0 unspecified atom stereocenters. The molecule has 0 spiro atoms. The van der Waals surface area contributed by atoms with Crippen LogP contribution in [-0.4, -0.2) is 30.6 Å². The quantitative estimate of drug-likeness (QED) is 0.471. The van der Waals surface area contributed by atoms with Gasteiger partial charge in [0.25, 0.3) is 0 Å². The molecule has 3 nitrogen and oxygen atoms in total. The molecule has 1 aliphatic rings. The molecule has 0 radical (unpaired) electrons. The topological polar surface area (TPSA) is 29.5 Å². The highest BCUT2D eigenvalue weighted by Gasteiger charge is 2.18. The number of nitrogens with zero attached hydrogens (tertiary/aromatic N) is 1. The number of fused-ring (bicyclic) bond motifs is 1. The third kappa shape index (κ3) is 4.15. The predicted molar refractivity (Wildman–Crippen MR) is 83.6 cm³/mol. The van der Waals surface area contributed by atoms with E-state index in [0.29, 0.717) is 13.2 Å². The summed E-state index contributed by atoms with van der Waals surface area (Å²) in [6.45, 7) is 3.59. The van der Waals surface area contributed by atoms with Crippen molar-refractivity contribution in [2.75, 3.05) is 29.5 Å². The summed E-state index contributed by atoms with van der Waals surface area (Å²) >= 11 is 2.15. The van der Waals surface area contributed by atoms with Gasteiger partial charge in [-0.3, -0.25) is 4.79 Å². The molecule has 18 heavy (non-hydrogen) atoms. The molecule has 100 valence electrons. The lowest BCUT2D eigenvalue weighted by Crippen LogP contribution is -2.35. The fraction of sp³-hybridized carbons (Fsp3) is 0.500. The monoisotopic (exact) mass is 361 g/mol. The number of rotatable bonds is 3. The summed E-state index contributed by atoms with van der Waals surface area (Å²) in [6, 6.07) is 8.27. The molecule has 1 heterocycles. The van der Waals surface area contributed by atoms with Crippen molar-refractivity contribution in [3.63, 3.8) is 0 Å². The van der Waals surface area contributed by atoms with Crippen LogP contribution in [0.3, 0.4) is 0 Å². The Labute approximate surface area is 123 Å². The minimum absolute atomic E-state index is 0.140. The maximum Gasteiger partial charge on any atom is 0.325 e. The van der Waals surface area contributed by atoms with Gasteiger partial charge in [-0.2, -0.15) is 0 Å². The molecule has 0 amide bonds. The smallest absolute Gasteiger partial charge is 0.325 e. The maximum absolute atomic E-state index is 11.5. The number of benzene rings is 1. The first-order valence-corrected chi connectivity index (χ1v) is 8.33. The third-order valence-corrected chi connectivity index (χ3v) is 2.83.